The van der Waals surface area contributed by atoms with Gasteiger partial charge in [0.1, 0.15) is 11.3 Å². The maximum Gasteiger partial charge on any atom is 0.277 e. The molecule has 0 amide bonds. The van der Waals surface area contributed by atoms with Gasteiger partial charge in [0.2, 0.25) is 0 Å². The lowest BCUT2D eigenvalue weighted by molar-refractivity contribution is 0.103. The molecule has 164 valence electrons. The van der Waals surface area contributed by atoms with Gasteiger partial charge in [-0.15, -0.1) is 0 Å². The number of aromatic amines is 1. The van der Waals surface area contributed by atoms with Gasteiger partial charge in [-0.05, 0) is 55.7 Å². The summed E-state index contributed by atoms with van der Waals surface area (Å²) in [5.41, 5.74) is 1.49. The molecule has 0 saturated carbocycles. The van der Waals surface area contributed by atoms with Crippen molar-refractivity contribution in [3.63, 3.8) is 0 Å². The molecule has 0 fully saturated rings. The second kappa shape index (κ2) is 8.55. The SMILES string of the molecule is CCC(C)n1[nH]cc(C(=O)c2ccc(S(C)(=O)=O)c(-c3ccc(OC)cc3)c2C)c1=O. The Kier molecular flexibility index (Phi) is 6.22. The van der Waals surface area contributed by atoms with Crippen LogP contribution in [0.3, 0.4) is 0 Å². The highest BCUT2D eigenvalue weighted by Gasteiger charge is 2.25. The van der Waals surface area contributed by atoms with Crippen molar-refractivity contribution >= 4 is 15.6 Å². The van der Waals surface area contributed by atoms with Gasteiger partial charge in [0.25, 0.3) is 5.56 Å². The molecule has 0 radical (unpaired) electrons. The van der Waals surface area contributed by atoms with E-state index in [9.17, 15) is 18.0 Å². The maximum atomic E-state index is 13.3. The van der Waals surface area contributed by atoms with Crippen LogP contribution in [0.1, 0.15) is 47.8 Å². The third kappa shape index (κ3) is 4.20. The van der Waals surface area contributed by atoms with Crippen molar-refractivity contribution in [2.75, 3.05) is 13.4 Å². The first-order chi connectivity index (χ1) is 14.6. The Balaban J connectivity index is 2.20. The van der Waals surface area contributed by atoms with Crippen molar-refractivity contribution in [1.29, 1.82) is 0 Å². The van der Waals surface area contributed by atoms with E-state index in [0.717, 1.165) is 12.7 Å². The van der Waals surface area contributed by atoms with E-state index in [1.165, 1.54) is 23.0 Å². The number of hydrogen-bond donors (Lipinski definition) is 1. The molecule has 1 heterocycles. The molecule has 3 rings (SSSR count). The molecule has 0 bridgehead atoms. The van der Waals surface area contributed by atoms with Crippen molar-refractivity contribution < 1.29 is 17.9 Å². The van der Waals surface area contributed by atoms with Crippen molar-refractivity contribution in [2.45, 2.75) is 38.1 Å². The second-order valence-electron chi connectivity index (χ2n) is 7.56. The fourth-order valence-electron chi connectivity index (χ4n) is 3.56. The molecule has 0 saturated heterocycles. The van der Waals surface area contributed by atoms with E-state index in [1.54, 1.807) is 38.3 Å². The first-order valence-corrected chi connectivity index (χ1v) is 11.8. The molecule has 1 aromatic heterocycles. The fraction of sp³-hybridized carbons (Fsp3) is 0.304. The zero-order valence-corrected chi connectivity index (χ0v) is 19.0. The summed E-state index contributed by atoms with van der Waals surface area (Å²) in [6.45, 7) is 5.54. The number of H-pyrrole nitrogens is 1. The zero-order valence-electron chi connectivity index (χ0n) is 18.2. The quantitative estimate of drug-likeness (QED) is 0.562. The number of rotatable bonds is 7. The Labute approximate surface area is 181 Å². The van der Waals surface area contributed by atoms with E-state index in [-0.39, 0.29) is 22.1 Å². The smallest absolute Gasteiger partial charge is 0.277 e. The van der Waals surface area contributed by atoms with E-state index in [2.05, 4.69) is 5.10 Å². The first-order valence-electron chi connectivity index (χ1n) is 9.92. The van der Waals surface area contributed by atoms with Gasteiger partial charge in [-0.1, -0.05) is 19.1 Å². The molecule has 8 heteroatoms. The van der Waals surface area contributed by atoms with Crippen LogP contribution >= 0.6 is 0 Å². The highest BCUT2D eigenvalue weighted by atomic mass is 32.2. The Bertz CT molecular complexity index is 1280. The fourth-order valence-corrected chi connectivity index (χ4v) is 4.52. The topological polar surface area (TPSA) is 98.2 Å². The number of hydrogen-bond acceptors (Lipinski definition) is 5. The molecule has 0 spiro atoms. The lowest BCUT2D eigenvalue weighted by atomic mass is 9.93. The Morgan fingerprint density at radius 3 is 2.32 bits per heavy atom. The Hall–Kier alpha value is -3.13. The maximum absolute atomic E-state index is 13.3. The third-order valence-corrected chi connectivity index (χ3v) is 6.66. The van der Waals surface area contributed by atoms with E-state index < -0.39 is 21.2 Å². The molecule has 0 aliphatic rings. The van der Waals surface area contributed by atoms with Crippen LogP contribution in [0.5, 0.6) is 5.75 Å². The van der Waals surface area contributed by atoms with Crippen LogP contribution in [0.25, 0.3) is 11.1 Å². The Morgan fingerprint density at radius 1 is 1.13 bits per heavy atom. The largest absolute Gasteiger partial charge is 0.497 e. The summed E-state index contributed by atoms with van der Waals surface area (Å²) >= 11 is 0. The summed E-state index contributed by atoms with van der Waals surface area (Å²) in [6.07, 6.45) is 3.28. The minimum absolute atomic E-state index is 0.0242. The number of nitrogens with one attached hydrogen (secondary N) is 1. The number of methoxy groups -OCH3 is 1. The number of nitrogens with zero attached hydrogens (tertiary/aromatic N) is 1. The molecule has 2 aromatic carbocycles. The van der Waals surface area contributed by atoms with Gasteiger partial charge in [0.05, 0.1) is 18.0 Å². The summed E-state index contributed by atoms with van der Waals surface area (Å²) in [6, 6.07) is 9.78. The zero-order chi connectivity index (χ0) is 22.9. The van der Waals surface area contributed by atoms with E-state index in [1.807, 2.05) is 13.8 Å². The van der Waals surface area contributed by atoms with Gasteiger partial charge < -0.3 is 9.84 Å². The average molecular weight is 443 g/mol. The van der Waals surface area contributed by atoms with Gasteiger partial charge in [-0.2, -0.15) is 0 Å². The van der Waals surface area contributed by atoms with Crippen molar-refractivity contribution in [2.24, 2.45) is 0 Å². The molecule has 7 nitrogen and oxygen atoms in total. The standard InChI is InChI=1S/C23H26N2O5S/c1-6-14(2)25-23(27)19(13-24-25)22(26)18-11-12-20(31(5,28)29)21(15(18)3)16-7-9-17(30-4)10-8-16/h7-14,24H,6H2,1-5H3. The molecule has 1 unspecified atom stereocenters. The van der Waals surface area contributed by atoms with Crippen LogP contribution in [0.4, 0.5) is 0 Å². The van der Waals surface area contributed by atoms with Crippen LogP contribution in [-0.4, -0.2) is 37.3 Å². The van der Waals surface area contributed by atoms with Crippen molar-refractivity contribution in [3.8, 4) is 16.9 Å². The van der Waals surface area contributed by atoms with Crippen molar-refractivity contribution in [3.05, 3.63) is 69.6 Å². The molecule has 1 N–H and O–H groups in total. The number of ether oxygens (including phenoxy) is 1. The summed E-state index contributed by atoms with van der Waals surface area (Å²) < 4.78 is 31.5. The number of benzene rings is 2. The monoisotopic (exact) mass is 442 g/mol. The third-order valence-electron chi connectivity index (χ3n) is 5.52. The van der Waals surface area contributed by atoms with Gasteiger partial charge in [0.15, 0.2) is 15.6 Å². The normalized spacial score (nSPS) is 12.5. The van der Waals surface area contributed by atoms with Gasteiger partial charge in [-0.3, -0.25) is 9.59 Å². The molecule has 3 aromatic rings. The number of ketones is 1. The number of carbonyl (C=O) groups excluding carboxylic acids is 1. The highest BCUT2D eigenvalue weighted by Crippen LogP contribution is 2.34. The number of sulfone groups is 1. The van der Waals surface area contributed by atoms with Crippen LogP contribution in [0.2, 0.25) is 0 Å². The predicted molar refractivity (Wildman–Crippen MR) is 120 cm³/mol. The molecular weight excluding hydrogens is 416 g/mol. The lowest BCUT2D eigenvalue weighted by Crippen LogP contribution is -2.24. The van der Waals surface area contributed by atoms with Gasteiger partial charge >= 0.3 is 0 Å². The molecule has 0 aliphatic carbocycles. The number of carbonyl (C=O) groups is 1. The predicted octanol–water partition coefficient (Wildman–Crippen LogP) is 3.77. The molecule has 31 heavy (non-hydrogen) atoms. The molecule has 1 atom stereocenters. The average Bonchev–Trinajstić information content (AvgIpc) is 3.13. The van der Waals surface area contributed by atoms with E-state index in [0.29, 0.717) is 22.4 Å². The van der Waals surface area contributed by atoms with E-state index >= 15 is 0 Å². The van der Waals surface area contributed by atoms with Crippen LogP contribution in [-0.2, 0) is 9.84 Å². The highest BCUT2D eigenvalue weighted by molar-refractivity contribution is 7.90. The lowest BCUT2D eigenvalue weighted by Gasteiger charge is -2.15. The van der Waals surface area contributed by atoms with E-state index in [4.69, 9.17) is 4.74 Å². The van der Waals surface area contributed by atoms with Crippen LogP contribution in [0, 0.1) is 6.92 Å². The van der Waals surface area contributed by atoms with Crippen LogP contribution < -0.4 is 10.3 Å². The van der Waals surface area contributed by atoms with Crippen molar-refractivity contribution in [1.82, 2.24) is 9.78 Å². The summed E-state index contributed by atoms with van der Waals surface area (Å²) in [5, 5.41) is 2.86. The second-order valence-corrected chi connectivity index (χ2v) is 9.54. The molecular formula is C23H26N2O5S. The molecule has 0 aliphatic heterocycles. The summed E-state index contributed by atoms with van der Waals surface area (Å²) in [7, 11) is -2.01. The first kappa shape index (κ1) is 22.6. The van der Waals surface area contributed by atoms with Gasteiger partial charge in [0, 0.05) is 23.6 Å². The van der Waals surface area contributed by atoms with Crippen LogP contribution in [0.15, 0.2) is 52.3 Å². The minimum Gasteiger partial charge on any atom is -0.497 e. The Morgan fingerprint density at radius 2 is 1.77 bits per heavy atom. The summed E-state index contributed by atoms with van der Waals surface area (Å²) in [4.78, 5) is 26.1. The van der Waals surface area contributed by atoms with Gasteiger partial charge in [-0.25, -0.2) is 13.1 Å². The minimum atomic E-state index is -3.56. The number of aromatic nitrogens is 2. The summed E-state index contributed by atoms with van der Waals surface area (Å²) in [5.74, 6) is 0.183.